The van der Waals surface area contributed by atoms with E-state index in [-0.39, 0.29) is 0 Å². The molecule has 1 heteroatoms. The van der Waals surface area contributed by atoms with Crippen molar-refractivity contribution in [3.05, 3.63) is 23.1 Å². The molecule has 0 fully saturated rings. The lowest BCUT2D eigenvalue weighted by Crippen LogP contribution is -1.72. The predicted octanol–water partition coefficient (Wildman–Crippen LogP) is 2.97. The Morgan fingerprint density at radius 3 is 3.11 bits per heavy atom. The molecule has 0 amide bonds. The van der Waals surface area contributed by atoms with Gasteiger partial charge in [-0.1, -0.05) is 25.2 Å². The highest BCUT2D eigenvalue weighted by Crippen LogP contribution is 2.22. The topological polar surface area (TPSA) is 0 Å². The fourth-order valence-corrected chi connectivity index (χ4v) is 1.61. The number of hydrogen-bond donors (Lipinski definition) is 0. The van der Waals surface area contributed by atoms with E-state index in [1.165, 1.54) is 17.1 Å². The molecule has 0 bridgehead atoms. The average Bonchev–Trinajstić information content (AvgIpc) is 2.34. The molecule has 0 radical (unpaired) electrons. The Morgan fingerprint density at radius 2 is 2.56 bits per heavy atom. The SMILES string of the molecule is CCCSC1=CCC=C1. The van der Waals surface area contributed by atoms with Gasteiger partial charge in [-0.25, -0.2) is 0 Å². The van der Waals surface area contributed by atoms with E-state index in [2.05, 4.69) is 25.2 Å². The second-order valence-electron chi connectivity index (χ2n) is 2.09. The van der Waals surface area contributed by atoms with Gasteiger partial charge in [0.15, 0.2) is 0 Å². The van der Waals surface area contributed by atoms with E-state index in [1.54, 1.807) is 0 Å². The fraction of sp³-hybridized carbons (Fsp3) is 0.500. The maximum atomic E-state index is 2.28. The standard InChI is InChI=1S/C8H12S/c1-2-7-9-8-5-3-4-6-8/h3,5-6H,2,4,7H2,1H3. The second kappa shape index (κ2) is 3.78. The largest absolute Gasteiger partial charge is 0.127 e. The molecule has 0 spiro atoms. The Hall–Kier alpha value is -0.170. The maximum Gasteiger partial charge on any atom is 0.00320 e. The lowest BCUT2D eigenvalue weighted by atomic mass is 10.5. The summed E-state index contributed by atoms with van der Waals surface area (Å²) in [7, 11) is 0. The average molecular weight is 140 g/mol. The van der Waals surface area contributed by atoms with Crippen LogP contribution in [0.1, 0.15) is 19.8 Å². The Kier molecular flexibility index (Phi) is 2.92. The van der Waals surface area contributed by atoms with E-state index in [4.69, 9.17) is 0 Å². The van der Waals surface area contributed by atoms with Crippen molar-refractivity contribution < 1.29 is 0 Å². The highest BCUT2D eigenvalue weighted by atomic mass is 32.2. The second-order valence-corrected chi connectivity index (χ2v) is 3.26. The first-order valence-electron chi connectivity index (χ1n) is 3.43. The van der Waals surface area contributed by atoms with Gasteiger partial charge in [-0.05, 0) is 18.6 Å². The molecular weight excluding hydrogens is 128 g/mol. The van der Waals surface area contributed by atoms with Crippen LogP contribution in [0.2, 0.25) is 0 Å². The molecule has 0 heterocycles. The zero-order valence-corrected chi connectivity index (χ0v) is 6.58. The summed E-state index contributed by atoms with van der Waals surface area (Å²) in [6, 6.07) is 0. The van der Waals surface area contributed by atoms with Crippen molar-refractivity contribution in [3.63, 3.8) is 0 Å². The first-order valence-corrected chi connectivity index (χ1v) is 4.41. The third kappa shape index (κ3) is 2.27. The molecule has 0 aromatic rings. The van der Waals surface area contributed by atoms with Crippen LogP contribution < -0.4 is 0 Å². The predicted molar refractivity (Wildman–Crippen MR) is 44.6 cm³/mol. The van der Waals surface area contributed by atoms with Crippen LogP contribution in [0, 0.1) is 0 Å². The van der Waals surface area contributed by atoms with Gasteiger partial charge in [0.2, 0.25) is 0 Å². The molecule has 0 N–H and O–H groups in total. The lowest BCUT2D eigenvalue weighted by Gasteiger charge is -1.94. The molecule has 0 nitrogen and oxygen atoms in total. The molecule has 50 valence electrons. The first kappa shape index (κ1) is 6.94. The van der Waals surface area contributed by atoms with Crippen molar-refractivity contribution >= 4 is 11.8 Å². The first-order chi connectivity index (χ1) is 4.43. The van der Waals surface area contributed by atoms with Crippen LogP contribution in [-0.4, -0.2) is 5.75 Å². The van der Waals surface area contributed by atoms with Gasteiger partial charge in [0.1, 0.15) is 0 Å². The molecule has 9 heavy (non-hydrogen) atoms. The van der Waals surface area contributed by atoms with Crippen LogP contribution in [0.5, 0.6) is 0 Å². The molecule has 0 saturated carbocycles. The third-order valence-electron chi connectivity index (χ3n) is 1.21. The van der Waals surface area contributed by atoms with Gasteiger partial charge in [-0.15, -0.1) is 11.8 Å². The number of rotatable bonds is 3. The Morgan fingerprint density at radius 1 is 1.67 bits per heavy atom. The van der Waals surface area contributed by atoms with Crippen LogP contribution in [0.25, 0.3) is 0 Å². The molecule has 0 atom stereocenters. The van der Waals surface area contributed by atoms with E-state index in [9.17, 15) is 0 Å². The van der Waals surface area contributed by atoms with Crippen LogP contribution in [-0.2, 0) is 0 Å². The summed E-state index contributed by atoms with van der Waals surface area (Å²) in [5.41, 5.74) is 0. The molecule has 0 aromatic heterocycles. The van der Waals surface area contributed by atoms with Crippen molar-refractivity contribution in [3.8, 4) is 0 Å². The number of hydrogen-bond acceptors (Lipinski definition) is 1. The molecule has 0 aliphatic heterocycles. The summed E-state index contributed by atoms with van der Waals surface area (Å²) in [4.78, 5) is 1.46. The monoisotopic (exact) mass is 140 g/mol. The molecule has 0 unspecified atom stereocenters. The van der Waals surface area contributed by atoms with E-state index in [0.717, 1.165) is 6.42 Å². The summed E-state index contributed by atoms with van der Waals surface area (Å²) in [6.07, 6.45) is 9.11. The van der Waals surface area contributed by atoms with Gasteiger partial charge >= 0.3 is 0 Å². The Balaban J connectivity index is 2.19. The fourth-order valence-electron chi connectivity index (χ4n) is 0.763. The lowest BCUT2D eigenvalue weighted by molar-refractivity contribution is 1.11. The molecule has 1 aliphatic rings. The van der Waals surface area contributed by atoms with Crippen molar-refractivity contribution in [1.29, 1.82) is 0 Å². The van der Waals surface area contributed by atoms with Gasteiger partial charge in [-0.2, -0.15) is 0 Å². The van der Waals surface area contributed by atoms with E-state index >= 15 is 0 Å². The van der Waals surface area contributed by atoms with Gasteiger partial charge in [0.25, 0.3) is 0 Å². The van der Waals surface area contributed by atoms with E-state index in [0.29, 0.717) is 0 Å². The van der Waals surface area contributed by atoms with Crippen molar-refractivity contribution in [1.82, 2.24) is 0 Å². The minimum absolute atomic E-state index is 1.14. The summed E-state index contributed by atoms with van der Waals surface area (Å²) in [5.74, 6) is 1.26. The summed E-state index contributed by atoms with van der Waals surface area (Å²) >= 11 is 1.96. The van der Waals surface area contributed by atoms with Crippen molar-refractivity contribution in [2.75, 3.05) is 5.75 Å². The molecule has 1 aliphatic carbocycles. The summed E-state index contributed by atoms with van der Waals surface area (Å²) in [6.45, 7) is 2.21. The highest BCUT2D eigenvalue weighted by Gasteiger charge is 1.95. The Bertz CT molecular complexity index is 134. The molecule has 0 aromatic carbocycles. The smallest absolute Gasteiger partial charge is 0.00320 e. The molecule has 0 saturated heterocycles. The molecular formula is C8H12S. The van der Waals surface area contributed by atoms with Crippen LogP contribution in [0.3, 0.4) is 0 Å². The quantitative estimate of drug-likeness (QED) is 0.580. The minimum atomic E-state index is 1.14. The van der Waals surface area contributed by atoms with E-state index < -0.39 is 0 Å². The maximum absolute atomic E-state index is 2.28. The van der Waals surface area contributed by atoms with Gasteiger partial charge in [0.05, 0.1) is 0 Å². The van der Waals surface area contributed by atoms with Gasteiger partial charge in [0, 0.05) is 4.91 Å². The Labute approximate surface area is 61.0 Å². The highest BCUT2D eigenvalue weighted by molar-refractivity contribution is 8.03. The van der Waals surface area contributed by atoms with Crippen LogP contribution >= 0.6 is 11.8 Å². The third-order valence-corrected chi connectivity index (χ3v) is 2.46. The van der Waals surface area contributed by atoms with Gasteiger partial charge in [-0.3, -0.25) is 0 Å². The van der Waals surface area contributed by atoms with Crippen LogP contribution in [0.4, 0.5) is 0 Å². The number of thioether (sulfide) groups is 1. The van der Waals surface area contributed by atoms with E-state index in [1.807, 2.05) is 11.8 Å². The summed E-state index contributed by atoms with van der Waals surface area (Å²) in [5, 5.41) is 0. The molecule has 1 rings (SSSR count). The minimum Gasteiger partial charge on any atom is -0.127 e. The zero-order chi connectivity index (χ0) is 6.53. The normalized spacial score (nSPS) is 16.3. The van der Waals surface area contributed by atoms with Crippen molar-refractivity contribution in [2.45, 2.75) is 19.8 Å². The van der Waals surface area contributed by atoms with Crippen molar-refractivity contribution in [2.24, 2.45) is 0 Å². The summed E-state index contributed by atoms with van der Waals surface area (Å²) < 4.78 is 0. The van der Waals surface area contributed by atoms with Gasteiger partial charge < -0.3 is 0 Å². The zero-order valence-electron chi connectivity index (χ0n) is 5.76. The van der Waals surface area contributed by atoms with Crippen LogP contribution in [0.15, 0.2) is 23.1 Å². The number of allylic oxidation sites excluding steroid dienone is 3.